The van der Waals surface area contributed by atoms with Gasteiger partial charge in [0.2, 0.25) is 5.91 Å². The zero-order chi connectivity index (χ0) is 14.8. The maximum Gasteiger partial charge on any atom is 0.262 e. The largest absolute Gasteiger partial charge is 0.326 e. The monoisotopic (exact) mass is 313 g/mol. The third-order valence-electron chi connectivity index (χ3n) is 2.37. The van der Waals surface area contributed by atoms with Gasteiger partial charge in [0, 0.05) is 18.7 Å². The van der Waals surface area contributed by atoms with Gasteiger partial charge in [-0.1, -0.05) is 0 Å². The second kappa shape index (κ2) is 5.61. The molecule has 1 heterocycles. The first kappa shape index (κ1) is 14.5. The Morgan fingerprint density at radius 2 is 1.80 bits per heavy atom. The topological polar surface area (TPSA) is 95.5 Å². The van der Waals surface area contributed by atoms with Gasteiger partial charge in [0.1, 0.15) is 16.4 Å². The molecule has 20 heavy (non-hydrogen) atoms. The Morgan fingerprint density at radius 3 is 2.30 bits per heavy atom. The van der Waals surface area contributed by atoms with Gasteiger partial charge in [0.25, 0.3) is 10.0 Å². The fraction of sp³-hybridized carbons (Fsp3) is 0.0833. The van der Waals surface area contributed by atoms with Crippen LogP contribution in [-0.2, 0) is 14.8 Å². The van der Waals surface area contributed by atoms with E-state index in [1.165, 1.54) is 48.0 Å². The Bertz CT molecular complexity index is 720. The standard InChI is InChI=1S/C12H12N2O4S2/c1-9(15)13-10-2-4-12(5-3-10)20(17,18)14-11-6-7-19(16)8-11/h2-8,14,16H,1H3/p+1. The minimum atomic E-state index is -3.70. The van der Waals surface area contributed by atoms with Crippen LogP contribution in [0.15, 0.2) is 46.0 Å². The van der Waals surface area contributed by atoms with Crippen LogP contribution in [0.25, 0.3) is 0 Å². The Kier molecular flexibility index (Phi) is 4.07. The first-order valence-electron chi connectivity index (χ1n) is 5.58. The van der Waals surface area contributed by atoms with Crippen molar-refractivity contribution in [2.75, 3.05) is 10.0 Å². The van der Waals surface area contributed by atoms with Crippen molar-refractivity contribution >= 4 is 38.1 Å². The Labute approximate surface area is 119 Å². The number of benzene rings is 1. The van der Waals surface area contributed by atoms with E-state index < -0.39 is 20.8 Å². The highest BCUT2D eigenvalue weighted by atomic mass is 32.2. The molecule has 0 spiro atoms. The number of rotatable bonds is 4. The van der Waals surface area contributed by atoms with Crippen molar-refractivity contribution in [3.8, 4) is 0 Å². The Morgan fingerprint density at radius 1 is 1.15 bits per heavy atom. The second-order valence-electron chi connectivity index (χ2n) is 4.03. The quantitative estimate of drug-likeness (QED) is 0.755. The summed E-state index contributed by atoms with van der Waals surface area (Å²) in [6.45, 7) is 1.37. The summed E-state index contributed by atoms with van der Waals surface area (Å²) in [6.07, 6.45) is 0. The molecule has 6 nitrogen and oxygen atoms in total. The Hall–Kier alpha value is -1.90. The van der Waals surface area contributed by atoms with E-state index in [2.05, 4.69) is 10.0 Å². The van der Waals surface area contributed by atoms with Crippen molar-refractivity contribution in [3.63, 3.8) is 0 Å². The minimum absolute atomic E-state index is 0.0747. The van der Waals surface area contributed by atoms with E-state index in [1.807, 2.05) is 0 Å². The molecule has 1 aromatic heterocycles. The van der Waals surface area contributed by atoms with E-state index in [-0.39, 0.29) is 10.8 Å². The lowest BCUT2D eigenvalue weighted by Crippen LogP contribution is -2.12. The summed E-state index contributed by atoms with van der Waals surface area (Å²) in [7, 11) is -4.72. The van der Waals surface area contributed by atoms with Crippen molar-refractivity contribution in [1.29, 1.82) is 0 Å². The van der Waals surface area contributed by atoms with Gasteiger partial charge in [-0.15, -0.1) is 0 Å². The second-order valence-corrected chi connectivity index (χ2v) is 6.92. The molecule has 1 unspecified atom stereocenters. The van der Waals surface area contributed by atoms with Crippen molar-refractivity contribution < 1.29 is 17.8 Å². The van der Waals surface area contributed by atoms with Crippen LogP contribution in [0.5, 0.6) is 0 Å². The highest BCUT2D eigenvalue weighted by Crippen LogP contribution is 2.23. The number of nitrogens with one attached hydrogen (secondary N) is 2. The van der Waals surface area contributed by atoms with Crippen LogP contribution in [0.3, 0.4) is 0 Å². The molecule has 1 amide bonds. The van der Waals surface area contributed by atoms with Crippen molar-refractivity contribution in [2.24, 2.45) is 0 Å². The summed E-state index contributed by atoms with van der Waals surface area (Å²) in [5, 5.41) is 5.47. The third-order valence-corrected chi connectivity index (χ3v) is 4.68. The number of thiophene rings is 1. The molecule has 1 atom stereocenters. The van der Waals surface area contributed by atoms with Crippen molar-refractivity contribution in [1.82, 2.24) is 0 Å². The summed E-state index contributed by atoms with van der Waals surface area (Å²) >= 11 is 0. The summed E-state index contributed by atoms with van der Waals surface area (Å²) in [6, 6.07) is 7.31. The van der Waals surface area contributed by atoms with Crippen LogP contribution in [0.1, 0.15) is 6.92 Å². The van der Waals surface area contributed by atoms with Gasteiger partial charge in [-0.05, 0) is 24.3 Å². The molecule has 0 saturated heterocycles. The van der Waals surface area contributed by atoms with Crippen LogP contribution in [-0.4, -0.2) is 18.9 Å². The highest BCUT2D eigenvalue weighted by Gasteiger charge is 2.16. The van der Waals surface area contributed by atoms with E-state index in [1.54, 1.807) is 0 Å². The lowest BCUT2D eigenvalue weighted by atomic mass is 10.3. The lowest BCUT2D eigenvalue weighted by molar-refractivity contribution is -0.114. The molecule has 3 N–H and O–H groups in total. The van der Waals surface area contributed by atoms with Gasteiger partial charge in [-0.3, -0.25) is 9.52 Å². The van der Waals surface area contributed by atoms with E-state index in [4.69, 9.17) is 0 Å². The molecule has 8 heteroatoms. The fourth-order valence-corrected chi connectivity index (χ4v) is 3.43. The normalized spacial score (nSPS) is 12.0. The molecular weight excluding hydrogens is 300 g/mol. The van der Waals surface area contributed by atoms with Crippen molar-refractivity contribution in [3.05, 3.63) is 41.1 Å². The molecule has 0 aliphatic rings. The molecular formula is C12H13N2O4S2+. The smallest absolute Gasteiger partial charge is 0.262 e. The first-order chi connectivity index (χ1) is 9.37. The molecule has 0 fully saturated rings. The maximum atomic E-state index is 12.1. The van der Waals surface area contributed by atoms with Gasteiger partial charge in [0.05, 0.1) is 4.90 Å². The summed E-state index contributed by atoms with van der Waals surface area (Å²) in [4.78, 5) is 11.0. The molecule has 106 valence electrons. The van der Waals surface area contributed by atoms with E-state index in [9.17, 15) is 17.8 Å². The van der Waals surface area contributed by atoms with Crippen LogP contribution in [0.2, 0.25) is 0 Å². The average Bonchev–Trinajstić information content (AvgIpc) is 2.74. The Balaban J connectivity index is 2.19. The van der Waals surface area contributed by atoms with Gasteiger partial charge >= 0.3 is 0 Å². The average molecular weight is 313 g/mol. The number of sulfonamides is 1. The fourth-order valence-electron chi connectivity index (χ4n) is 1.54. The van der Waals surface area contributed by atoms with Crippen LogP contribution in [0.4, 0.5) is 11.4 Å². The number of carbonyl (C=O) groups is 1. The zero-order valence-corrected chi connectivity index (χ0v) is 12.2. The predicted molar refractivity (Wildman–Crippen MR) is 77.8 cm³/mol. The van der Waals surface area contributed by atoms with Crippen LogP contribution >= 0.6 is 10.8 Å². The molecule has 0 radical (unpaired) electrons. The summed E-state index contributed by atoms with van der Waals surface area (Å²) in [5.74, 6) is -0.227. The predicted octanol–water partition coefficient (Wildman–Crippen LogP) is 2.33. The number of anilines is 2. The number of amides is 1. The first-order valence-corrected chi connectivity index (χ1v) is 8.37. The molecule has 0 aliphatic carbocycles. The molecule has 2 rings (SSSR count). The molecule has 2 aromatic rings. The molecule has 1 aromatic carbocycles. The van der Waals surface area contributed by atoms with Gasteiger partial charge in [-0.25, -0.2) is 8.42 Å². The highest BCUT2D eigenvalue weighted by molar-refractivity contribution is 7.92. The SMILES string of the molecule is CC(=O)Nc1ccc(S(=O)(=O)Nc2cc[s+](O)c2)cc1. The summed E-state index contributed by atoms with van der Waals surface area (Å²) in [5.41, 5.74) is 0.857. The molecule has 0 saturated carbocycles. The van der Waals surface area contributed by atoms with Crippen LogP contribution < -0.4 is 10.0 Å². The van der Waals surface area contributed by atoms with E-state index in [0.29, 0.717) is 11.4 Å². The number of hydrogen-bond donors (Lipinski definition) is 3. The van der Waals surface area contributed by atoms with Gasteiger partial charge in [0.15, 0.2) is 10.8 Å². The van der Waals surface area contributed by atoms with Gasteiger partial charge in [-0.2, -0.15) is 4.55 Å². The van der Waals surface area contributed by atoms with Gasteiger partial charge < -0.3 is 5.32 Å². The number of carbonyl (C=O) groups excluding carboxylic acids is 1. The molecule has 0 bridgehead atoms. The van der Waals surface area contributed by atoms with Crippen LogP contribution in [0, 0.1) is 0 Å². The molecule has 0 aliphatic heterocycles. The maximum absolute atomic E-state index is 12.1. The van der Waals surface area contributed by atoms with E-state index >= 15 is 0 Å². The summed E-state index contributed by atoms with van der Waals surface area (Å²) < 4.78 is 35.8. The van der Waals surface area contributed by atoms with Crippen molar-refractivity contribution in [2.45, 2.75) is 11.8 Å². The lowest BCUT2D eigenvalue weighted by Gasteiger charge is -2.06. The minimum Gasteiger partial charge on any atom is -0.326 e. The third kappa shape index (κ3) is 3.56. The number of hydrogen-bond acceptors (Lipinski definition) is 4. The van der Waals surface area contributed by atoms with E-state index in [0.717, 1.165) is 0 Å². The zero-order valence-electron chi connectivity index (χ0n) is 10.5.